The Hall–Kier alpha value is -2.33. The number of hydrogen-bond donors (Lipinski definition) is 1. The zero-order valence-electron chi connectivity index (χ0n) is 14.7. The lowest BCUT2D eigenvalue weighted by molar-refractivity contribution is -0.122. The smallest absolute Gasteiger partial charge is 0.229 e. The van der Waals surface area contributed by atoms with Gasteiger partial charge in [0.2, 0.25) is 11.8 Å². The van der Waals surface area contributed by atoms with Crippen LogP contribution in [0.2, 0.25) is 5.02 Å². The van der Waals surface area contributed by atoms with Gasteiger partial charge in [0.25, 0.3) is 0 Å². The Morgan fingerprint density at radius 3 is 2.77 bits per heavy atom. The molecular weight excluding hydrogens is 348 g/mol. The van der Waals surface area contributed by atoms with Crippen molar-refractivity contribution in [3.05, 3.63) is 58.1 Å². The van der Waals surface area contributed by atoms with E-state index in [0.29, 0.717) is 11.6 Å². The van der Waals surface area contributed by atoms with Crippen molar-refractivity contribution in [1.82, 2.24) is 0 Å². The van der Waals surface area contributed by atoms with Gasteiger partial charge in [-0.1, -0.05) is 23.7 Å². The molecule has 0 radical (unpaired) electrons. The predicted molar refractivity (Wildman–Crippen MR) is 104 cm³/mol. The second-order valence-electron chi connectivity index (χ2n) is 7.17. The van der Waals surface area contributed by atoms with Gasteiger partial charge in [0.05, 0.1) is 5.92 Å². The van der Waals surface area contributed by atoms with E-state index in [1.165, 1.54) is 17.5 Å². The number of hydrogen-bond acceptors (Lipinski definition) is 2. The van der Waals surface area contributed by atoms with E-state index in [1.807, 2.05) is 25.1 Å². The second-order valence-corrected chi connectivity index (χ2v) is 7.57. The molecule has 1 aliphatic carbocycles. The number of benzene rings is 2. The number of aryl methyl sites for hydroxylation is 3. The van der Waals surface area contributed by atoms with E-state index in [0.717, 1.165) is 29.8 Å². The highest BCUT2D eigenvalue weighted by Crippen LogP contribution is 2.30. The third-order valence-corrected chi connectivity index (χ3v) is 5.74. The van der Waals surface area contributed by atoms with E-state index < -0.39 is 0 Å². The molecule has 4 rings (SSSR count). The van der Waals surface area contributed by atoms with Crippen LogP contribution in [0.1, 0.15) is 29.5 Å². The van der Waals surface area contributed by atoms with E-state index >= 15 is 0 Å². The van der Waals surface area contributed by atoms with Gasteiger partial charge in [0.15, 0.2) is 0 Å². The summed E-state index contributed by atoms with van der Waals surface area (Å²) in [6, 6.07) is 11.7. The first-order valence-electron chi connectivity index (χ1n) is 9.00. The fourth-order valence-corrected chi connectivity index (χ4v) is 3.95. The third-order valence-electron chi connectivity index (χ3n) is 5.33. The lowest BCUT2D eigenvalue weighted by atomic mass is 10.1. The van der Waals surface area contributed by atoms with Crippen molar-refractivity contribution >= 4 is 34.8 Å². The highest BCUT2D eigenvalue weighted by Gasteiger charge is 2.35. The van der Waals surface area contributed by atoms with Gasteiger partial charge in [-0.05, 0) is 67.1 Å². The monoisotopic (exact) mass is 368 g/mol. The average Bonchev–Trinajstić information content (AvgIpc) is 3.23. The third kappa shape index (κ3) is 3.21. The minimum Gasteiger partial charge on any atom is -0.326 e. The molecule has 0 unspecified atom stereocenters. The summed E-state index contributed by atoms with van der Waals surface area (Å²) < 4.78 is 0. The molecule has 2 aliphatic rings. The van der Waals surface area contributed by atoms with Crippen LogP contribution in [-0.2, 0) is 22.4 Å². The summed E-state index contributed by atoms with van der Waals surface area (Å²) in [5.41, 5.74) is 5.23. The fraction of sp³-hybridized carbons (Fsp3) is 0.333. The van der Waals surface area contributed by atoms with Crippen LogP contribution in [0, 0.1) is 12.8 Å². The number of halogens is 1. The van der Waals surface area contributed by atoms with Crippen molar-refractivity contribution < 1.29 is 9.59 Å². The molecule has 4 nitrogen and oxygen atoms in total. The Bertz CT molecular complexity index is 894. The van der Waals surface area contributed by atoms with Gasteiger partial charge in [-0.2, -0.15) is 0 Å². The van der Waals surface area contributed by atoms with Gasteiger partial charge in [-0.25, -0.2) is 0 Å². The predicted octanol–water partition coefficient (Wildman–Crippen LogP) is 4.13. The van der Waals surface area contributed by atoms with Crippen molar-refractivity contribution in [2.45, 2.75) is 32.6 Å². The zero-order chi connectivity index (χ0) is 18.3. The quantitative estimate of drug-likeness (QED) is 0.885. The van der Waals surface area contributed by atoms with Gasteiger partial charge in [0.1, 0.15) is 0 Å². The number of rotatable bonds is 3. The van der Waals surface area contributed by atoms with Crippen LogP contribution in [0.4, 0.5) is 11.4 Å². The molecule has 5 heteroatoms. The summed E-state index contributed by atoms with van der Waals surface area (Å²) in [6.07, 6.45) is 3.60. The molecule has 2 amide bonds. The summed E-state index contributed by atoms with van der Waals surface area (Å²) in [5, 5.41) is 3.61. The zero-order valence-corrected chi connectivity index (χ0v) is 15.5. The van der Waals surface area contributed by atoms with Gasteiger partial charge < -0.3 is 10.2 Å². The molecule has 0 spiro atoms. The van der Waals surface area contributed by atoms with Crippen molar-refractivity contribution in [1.29, 1.82) is 0 Å². The van der Waals surface area contributed by atoms with E-state index in [-0.39, 0.29) is 24.2 Å². The molecule has 134 valence electrons. The first-order chi connectivity index (χ1) is 12.5. The molecule has 26 heavy (non-hydrogen) atoms. The maximum absolute atomic E-state index is 12.6. The molecule has 1 fully saturated rings. The Morgan fingerprint density at radius 1 is 1.15 bits per heavy atom. The Kier molecular flexibility index (Phi) is 4.45. The van der Waals surface area contributed by atoms with Crippen LogP contribution in [0.15, 0.2) is 36.4 Å². The molecule has 1 aliphatic heterocycles. The highest BCUT2D eigenvalue weighted by molar-refractivity contribution is 6.31. The molecule has 2 aromatic rings. The molecular formula is C21H21ClN2O2. The van der Waals surface area contributed by atoms with Crippen LogP contribution in [-0.4, -0.2) is 18.4 Å². The molecule has 1 atom stereocenters. The largest absolute Gasteiger partial charge is 0.326 e. The lowest BCUT2D eigenvalue weighted by Gasteiger charge is -2.17. The molecule has 1 heterocycles. The first-order valence-corrected chi connectivity index (χ1v) is 9.38. The van der Waals surface area contributed by atoms with Gasteiger partial charge in [0, 0.05) is 29.4 Å². The van der Waals surface area contributed by atoms with E-state index in [2.05, 4.69) is 17.4 Å². The summed E-state index contributed by atoms with van der Waals surface area (Å²) in [4.78, 5) is 26.7. The fourth-order valence-electron chi connectivity index (χ4n) is 3.78. The minimum absolute atomic E-state index is 0.0426. The minimum atomic E-state index is -0.351. The average molecular weight is 369 g/mol. The lowest BCUT2D eigenvalue weighted by Crippen LogP contribution is -2.28. The van der Waals surface area contributed by atoms with Gasteiger partial charge in [-0.15, -0.1) is 0 Å². The molecule has 1 N–H and O–H groups in total. The number of amides is 2. The maximum Gasteiger partial charge on any atom is 0.229 e. The molecule has 1 saturated heterocycles. The second kappa shape index (κ2) is 6.76. The Balaban J connectivity index is 1.46. The standard InChI is InChI=1S/C21H21ClN2O2/c1-13-5-8-18(11-19(13)22)24-12-16(10-20(24)25)21(26)23-17-7-6-14-3-2-4-15(14)9-17/h5-9,11,16H,2-4,10,12H2,1H3,(H,23,26)/t16-/m1/s1. The van der Waals surface area contributed by atoms with Gasteiger partial charge >= 0.3 is 0 Å². The van der Waals surface area contributed by atoms with Crippen LogP contribution in [0.3, 0.4) is 0 Å². The van der Waals surface area contributed by atoms with E-state index in [4.69, 9.17) is 11.6 Å². The molecule has 2 aromatic carbocycles. The summed E-state index contributed by atoms with van der Waals surface area (Å²) in [6.45, 7) is 2.31. The summed E-state index contributed by atoms with van der Waals surface area (Å²) >= 11 is 6.18. The number of carbonyl (C=O) groups excluding carboxylic acids is 2. The summed E-state index contributed by atoms with van der Waals surface area (Å²) in [5.74, 6) is -0.494. The van der Waals surface area contributed by atoms with E-state index in [9.17, 15) is 9.59 Å². The molecule has 0 saturated carbocycles. The van der Waals surface area contributed by atoms with Crippen molar-refractivity contribution in [2.75, 3.05) is 16.8 Å². The van der Waals surface area contributed by atoms with Crippen molar-refractivity contribution in [3.8, 4) is 0 Å². The van der Waals surface area contributed by atoms with E-state index in [1.54, 1.807) is 11.0 Å². The van der Waals surface area contributed by atoms with Crippen molar-refractivity contribution in [2.24, 2.45) is 5.92 Å². The number of anilines is 2. The topological polar surface area (TPSA) is 49.4 Å². The maximum atomic E-state index is 12.6. The number of nitrogens with zero attached hydrogens (tertiary/aromatic N) is 1. The normalized spacial score (nSPS) is 18.9. The Labute approximate surface area is 158 Å². The number of carbonyl (C=O) groups is 2. The van der Waals surface area contributed by atoms with Crippen molar-refractivity contribution in [3.63, 3.8) is 0 Å². The van der Waals surface area contributed by atoms with Gasteiger partial charge in [-0.3, -0.25) is 9.59 Å². The SMILES string of the molecule is Cc1ccc(N2C[C@H](C(=O)Nc3ccc4c(c3)CCC4)CC2=O)cc1Cl. The Morgan fingerprint density at radius 2 is 1.96 bits per heavy atom. The van der Waals surface area contributed by atoms with Crippen LogP contribution in [0.25, 0.3) is 0 Å². The molecule has 0 bridgehead atoms. The summed E-state index contributed by atoms with van der Waals surface area (Å²) in [7, 11) is 0. The first kappa shape index (κ1) is 17.1. The van der Waals surface area contributed by atoms with Crippen LogP contribution in [0.5, 0.6) is 0 Å². The molecule has 0 aromatic heterocycles. The van der Waals surface area contributed by atoms with Crippen LogP contribution < -0.4 is 10.2 Å². The van der Waals surface area contributed by atoms with Crippen LogP contribution >= 0.6 is 11.6 Å². The number of fused-ring (bicyclic) bond motifs is 1. The number of nitrogens with one attached hydrogen (secondary N) is 1. The highest BCUT2D eigenvalue weighted by atomic mass is 35.5.